The molecule has 0 N–H and O–H groups in total. The molecular formula is C10H24BaO4P2. The van der Waals surface area contributed by atoms with E-state index in [-0.39, 0.29) is 48.9 Å². The molecule has 0 aliphatic carbocycles. The van der Waals surface area contributed by atoms with E-state index < -0.39 is 14.7 Å². The first-order valence-electron chi connectivity index (χ1n) is 5.82. The quantitative estimate of drug-likeness (QED) is 0.496. The Labute approximate surface area is 146 Å². The van der Waals surface area contributed by atoms with Crippen molar-refractivity contribution in [1.82, 2.24) is 0 Å². The second kappa shape index (κ2) is 13.0. The molecular weight excluding hydrogens is 383 g/mol. The normalized spacial score (nSPS) is 16.8. The molecule has 0 aromatic rings. The van der Waals surface area contributed by atoms with E-state index >= 15 is 0 Å². The van der Waals surface area contributed by atoms with Gasteiger partial charge in [0.2, 0.25) is 0 Å². The van der Waals surface area contributed by atoms with Gasteiger partial charge in [-0.1, -0.05) is 40.5 Å². The third kappa shape index (κ3) is 18.0. The van der Waals surface area contributed by atoms with Crippen molar-refractivity contribution in [3.63, 3.8) is 0 Å². The van der Waals surface area contributed by atoms with E-state index in [2.05, 4.69) is 0 Å². The number of hydrogen-bond donors (Lipinski definition) is 0. The summed E-state index contributed by atoms with van der Waals surface area (Å²) in [5, 5.41) is 0. The maximum absolute atomic E-state index is 10.6. The van der Waals surface area contributed by atoms with Gasteiger partial charge in [-0.3, -0.25) is 0 Å². The monoisotopic (exact) mass is 408 g/mol. The molecule has 17 heavy (non-hydrogen) atoms. The predicted molar refractivity (Wildman–Crippen MR) is 72.4 cm³/mol. The summed E-state index contributed by atoms with van der Waals surface area (Å²) in [5.74, 6) is 0. The molecule has 0 aliphatic heterocycles. The fourth-order valence-electron chi connectivity index (χ4n) is 0.998. The van der Waals surface area contributed by atoms with Crippen LogP contribution in [0.2, 0.25) is 0 Å². The fourth-order valence-corrected chi connectivity index (χ4v) is 2.99. The molecule has 100 valence electrons. The van der Waals surface area contributed by atoms with Crippen LogP contribution in [0.3, 0.4) is 0 Å². The molecule has 7 heteroatoms. The van der Waals surface area contributed by atoms with Gasteiger partial charge in [0.1, 0.15) is 0 Å². The van der Waals surface area contributed by atoms with Crippen LogP contribution in [-0.2, 0) is 9.13 Å². The van der Waals surface area contributed by atoms with Gasteiger partial charge in [0.25, 0.3) is 0 Å². The molecule has 2 atom stereocenters. The third-order valence-electron chi connectivity index (χ3n) is 2.09. The molecule has 0 spiro atoms. The van der Waals surface area contributed by atoms with Crippen LogP contribution in [0.25, 0.3) is 0 Å². The van der Waals surface area contributed by atoms with Gasteiger partial charge in [0, 0.05) is 14.7 Å². The first-order valence-corrected chi connectivity index (χ1v) is 9.81. The molecule has 0 heterocycles. The van der Waals surface area contributed by atoms with Crippen molar-refractivity contribution in [3.05, 3.63) is 0 Å². The van der Waals surface area contributed by atoms with E-state index in [1.165, 1.54) is 0 Å². The Hall–Kier alpha value is 1.95. The van der Waals surface area contributed by atoms with Crippen molar-refractivity contribution < 1.29 is 18.9 Å². The molecule has 0 saturated heterocycles. The smallest absolute Gasteiger partial charge is 0.799 e. The molecule has 0 radical (unpaired) electrons. The second-order valence-corrected chi connectivity index (χ2v) is 9.13. The van der Waals surface area contributed by atoms with Crippen LogP contribution in [0, 0.1) is 0 Å². The predicted octanol–water partition coefficient (Wildman–Crippen LogP) is 1.73. The Morgan fingerprint density at radius 1 is 0.765 bits per heavy atom. The summed E-state index contributed by atoms with van der Waals surface area (Å²) in [6.07, 6.45) is 2.83. The SMILES string of the molecule is CCCP(=O)([O-])CC.CCCP(=O)([O-])CC.[Ba+2]. The maximum atomic E-state index is 10.6. The summed E-state index contributed by atoms with van der Waals surface area (Å²) < 4.78 is 21.3. The summed E-state index contributed by atoms with van der Waals surface area (Å²) >= 11 is 0. The molecule has 2 unspecified atom stereocenters. The molecule has 0 aromatic heterocycles. The molecule has 0 saturated carbocycles. The van der Waals surface area contributed by atoms with Gasteiger partial charge in [-0.2, -0.15) is 0 Å². The maximum Gasteiger partial charge on any atom is 2.00 e. The van der Waals surface area contributed by atoms with Crippen molar-refractivity contribution in [3.8, 4) is 0 Å². The van der Waals surface area contributed by atoms with Gasteiger partial charge in [0.05, 0.1) is 0 Å². The largest absolute Gasteiger partial charge is 2.00 e. The Morgan fingerprint density at radius 2 is 1.00 bits per heavy atom. The number of rotatable bonds is 6. The molecule has 0 aromatic carbocycles. The van der Waals surface area contributed by atoms with E-state index in [9.17, 15) is 18.9 Å². The average Bonchev–Trinajstić information content (AvgIpc) is 2.19. The van der Waals surface area contributed by atoms with Gasteiger partial charge >= 0.3 is 48.9 Å². The van der Waals surface area contributed by atoms with Crippen LogP contribution in [0.15, 0.2) is 0 Å². The molecule has 4 nitrogen and oxygen atoms in total. The average molecular weight is 408 g/mol. The van der Waals surface area contributed by atoms with Crippen molar-refractivity contribution in [2.45, 2.75) is 40.5 Å². The van der Waals surface area contributed by atoms with E-state index in [0.29, 0.717) is 24.6 Å². The Balaban J connectivity index is -0.000000218. The molecule has 0 bridgehead atoms. The first-order chi connectivity index (χ1) is 7.24. The minimum atomic E-state index is -2.92. The second-order valence-electron chi connectivity index (χ2n) is 3.71. The van der Waals surface area contributed by atoms with Gasteiger partial charge in [-0.05, 0) is 24.6 Å². The molecule has 0 aliphatic rings. The van der Waals surface area contributed by atoms with Gasteiger partial charge in [0.15, 0.2) is 0 Å². The van der Waals surface area contributed by atoms with Crippen LogP contribution in [0.4, 0.5) is 0 Å². The van der Waals surface area contributed by atoms with Crippen LogP contribution in [0.1, 0.15) is 40.5 Å². The van der Waals surface area contributed by atoms with Gasteiger partial charge in [-0.25, -0.2) is 0 Å². The minimum absolute atomic E-state index is 0. The molecule has 0 amide bonds. The minimum Gasteiger partial charge on any atom is -0.799 e. The van der Waals surface area contributed by atoms with Gasteiger partial charge < -0.3 is 18.9 Å². The zero-order chi connectivity index (χ0) is 13.2. The van der Waals surface area contributed by atoms with E-state index in [1.54, 1.807) is 13.8 Å². The van der Waals surface area contributed by atoms with Crippen LogP contribution >= 0.6 is 14.7 Å². The molecule has 0 fully saturated rings. The topological polar surface area (TPSA) is 80.3 Å². The van der Waals surface area contributed by atoms with Crippen LogP contribution < -0.4 is 9.79 Å². The van der Waals surface area contributed by atoms with Crippen molar-refractivity contribution in [1.29, 1.82) is 0 Å². The standard InChI is InChI=1S/2C5H13O2P.Ba/c2*1-3-5-8(6,7)4-2;/h2*3-5H2,1-2H3,(H,6,7);/q;;+2/p-2. The van der Waals surface area contributed by atoms with Crippen molar-refractivity contribution >= 4 is 63.6 Å². The zero-order valence-electron chi connectivity index (χ0n) is 11.5. The Bertz CT molecular complexity index is 233. The summed E-state index contributed by atoms with van der Waals surface area (Å²) in [4.78, 5) is 21.3. The van der Waals surface area contributed by atoms with Crippen LogP contribution in [-0.4, -0.2) is 73.5 Å². The third-order valence-corrected chi connectivity index (χ3v) is 6.28. The van der Waals surface area contributed by atoms with Crippen molar-refractivity contribution in [2.75, 3.05) is 24.6 Å². The number of hydrogen-bond acceptors (Lipinski definition) is 4. The Kier molecular flexibility index (Phi) is 18.3. The van der Waals surface area contributed by atoms with E-state index in [0.717, 1.165) is 12.8 Å². The molecule has 0 rings (SSSR count). The Morgan fingerprint density at radius 3 is 1.06 bits per heavy atom. The first kappa shape index (κ1) is 24.0. The summed E-state index contributed by atoms with van der Waals surface area (Å²) in [5.41, 5.74) is 0. The fraction of sp³-hybridized carbons (Fsp3) is 1.00. The van der Waals surface area contributed by atoms with Crippen molar-refractivity contribution in [2.24, 2.45) is 0 Å². The van der Waals surface area contributed by atoms with E-state index in [1.807, 2.05) is 13.8 Å². The van der Waals surface area contributed by atoms with Crippen LogP contribution in [0.5, 0.6) is 0 Å². The zero-order valence-corrected chi connectivity index (χ0v) is 17.7. The summed E-state index contributed by atoms with van der Waals surface area (Å²) in [6.45, 7) is 7.12. The summed E-state index contributed by atoms with van der Waals surface area (Å²) in [6, 6.07) is 0. The van der Waals surface area contributed by atoms with E-state index in [4.69, 9.17) is 0 Å². The van der Waals surface area contributed by atoms with Gasteiger partial charge in [-0.15, -0.1) is 0 Å². The summed E-state index contributed by atoms with van der Waals surface area (Å²) in [7, 11) is -5.85.